The minimum absolute atomic E-state index is 0.387. The maximum atomic E-state index is 11.7. The van der Waals surface area contributed by atoms with E-state index in [1.165, 1.54) is 0 Å². The standard InChI is InChI=1S/C16H19NO2/c1-3-12(2)11-19-16(18)17-15-10-6-8-13-7-4-5-9-14(13)15/h4-10,12H,3,11H2,1-2H3,(H,17,18)/t12-/m0/s1. The van der Waals surface area contributed by atoms with Crippen LogP contribution in [-0.4, -0.2) is 12.7 Å². The van der Waals surface area contributed by atoms with E-state index >= 15 is 0 Å². The number of benzene rings is 2. The van der Waals surface area contributed by atoms with Gasteiger partial charge in [-0.2, -0.15) is 0 Å². The van der Waals surface area contributed by atoms with E-state index in [1.54, 1.807) is 0 Å². The van der Waals surface area contributed by atoms with Crippen molar-refractivity contribution < 1.29 is 9.53 Å². The van der Waals surface area contributed by atoms with E-state index in [-0.39, 0.29) is 0 Å². The summed E-state index contributed by atoms with van der Waals surface area (Å²) in [5, 5.41) is 4.92. The van der Waals surface area contributed by atoms with Crippen LogP contribution in [0.1, 0.15) is 20.3 Å². The summed E-state index contributed by atoms with van der Waals surface area (Å²) in [6.45, 7) is 4.59. The van der Waals surface area contributed by atoms with Crippen LogP contribution in [0.25, 0.3) is 10.8 Å². The lowest BCUT2D eigenvalue weighted by molar-refractivity contribution is 0.143. The van der Waals surface area contributed by atoms with Crippen molar-refractivity contribution in [2.45, 2.75) is 20.3 Å². The molecule has 1 amide bonds. The highest BCUT2D eigenvalue weighted by molar-refractivity contribution is 6.00. The van der Waals surface area contributed by atoms with E-state index in [9.17, 15) is 4.79 Å². The van der Waals surface area contributed by atoms with Crippen molar-refractivity contribution >= 4 is 22.6 Å². The van der Waals surface area contributed by atoms with Crippen molar-refractivity contribution in [2.24, 2.45) is 5.92 Å². The van der Waals surface area contributed by atoms with Crippen LogP contribution in [0, 0.1) is 5.92 Å². The number of rotatable bonds is 4. The first-order chi connectivity index (χ1) is 9.20. The predicted octanol–water partition coefficient (Wildman–Crippen LogP) is 4.43. The number of ether oxygens (including phenoxy) is 1. The van der Waals surface area contributed by atoms with Crippen molar-refractivity contribution in [1.82, 2.24) is 0 Å². The van der Waals surface area contributed by atoms with Gasteiger partial charge in [-0.3, -0.25) is 5.32 Å². The molecule has 0 spiro atoms. The molecule has 0 aliphatic heterocycles. The Kier molecular flexibility index (Phi) is 4.39. The van der Waals surface area contributed by atoms with Gasteiger partial charge in [-0.25, -0.2) is 4.79 Å². The Labute approximate surface area is 113 Å². The first kappa shape index (κ1) is 13.4. The molecule has 3 nitrogen and oxygen atoms in total. The molecule has 19 heavy (non-hydrogen) atoms. The van der Waals surface area contributed by atoms with Crippen molar-refractivity contribution in [1.29, 1.82) is 0 Å². The molecule has 0 saturated heterocycles. The van der Waals surface area contributed by atoms with Gasteiger partial charge < -0.3 is 4.74 Å². The predicted molar refractivity (Wildman–Crippen MR) is 78.4 cm³/mol. The van der Waals surface area contributed by atoms with E-state index < -0.39 is 6.09 Å². The van der Waals surface area contributed by atoms with Crippen LogP contribution in [0.3, 0.4) is 0 Å². The normalized spacial score (nSPS) is 12.1. The zero-order valence-electron chi connectivity index (χ0n) is 11.3. The zero-order valence-corrected chi connectivity index (χ0v) is 11.3. The lowest BCUT2D eigenvalue weighted by atomic mass is 10.1. The Balaban J connectivity index is 2.07. The Bertz CT molecular complexity index is 560. The molecule has 2 aromatic carbocycles. The van der Waals surface area contributed by atoms with Gasteiger partial charge in [0.15, 0.2) is 0 Å². The smallest absolute Gasteiger partial charge is 0.411 e. The van der Waals surface area contributed by atoms with Crippen molar-refractivity contribution in [2.75, 3.05) is 11.9 Å². The summed E-state index contributed by atoms with van der Waals surface area (Å²) in [5.74, 6) is 0.387. The van der Waals surface area contributed by atoms with E-state index in [2.05, 4.69) is 19.2 Å². The summed E-state index contributed by atoms with van der Waals surface area (Å²) in [5.41, 5.74) is 0.784. The summed E-state index contributed by atoms with van der Waals surface area (Å²) in [4.78, 5) is 11.7. The SMILES string of the molecule is CC[C@H](C)COC(=O)Nc1cccc2ccccc12. The fourth-order valence-corrected chi connectivity index (χ4v) is 1.82. The van der Waals surface area contributed by atoms with Gasteiger partial charge in [0.1, 0.15) is 0 Å². The topological polar surface area (TPSA) is 38.3 Å². The lowest BCUT2D eigenvalue weighted by Gasteiger charge is -2.12. The van der Waals surface area contributed by atoms with E-state index in [1.807, 2.05) is 42.5 Å². The molecule has 1 N–H and O–H groups in total. The minimum atomic E-state index is -0.392. The summed E-state index contributed by atoms with van der Waals surface area (Å²) in [6, 6.07) is 13.8. The number of amides is 1. The van der Waals surface area contributed by atoms with Gasteiger partial charge in [-0.05, 0) is 17.4 Å². The van der Waals surface area contributed by atoms with Crippen LogP contribution in [-0.2, 0) is 4.74 Å². The molecule has 0 aliphatic carbocycles. The first-order valence-corrected chi connectivity index (χ1v) is 6.62. The average molecular weight is 257 g/mol. The summed E-state index contributed by atoms with van der Waals surface area (Å²) < 4.78 is 5.20. The van der Waals surface area contributed by atoms with E-state index in [4.69, 9.17) is 4.74 Å². The molecule has 2 aromatic rings. The maximum Gasteiger partial charge on any atom is 0.411 e. The number of fused-ring (bicyclic) bond motifs is 1. The third-order valence-electron chi connectivity index (χ3n) is 3.22. The van der Waals surface area contributed by atoms with Gasteiger partial charge in [0.2, 0.25) is 0 Å². The Morgan fingerprint density at radius 3 is 2.74 bits per heavy atom. The Morgan fingerprint density at radius 1 is 1.21 bits per heavy atom. The quantitative estimate of drug-likeness (QED) is 0.879. The minimum Gasteiger partial charge on any atom is -0.449 e. The van der Waals surface area contributed by atoms with Crippen LogP contribution in [0.15, 0.2) is 42.5 Å². The van der Waals surface area contributed by atoms with Crippen molar-refractivity contribution in [3.63, 3.8) is 0 Å². The molecule has 0 bridgehead atoms. The molecule has 100 valence electrons. The molecular weight excluding hydrogens is 238 g/mol. The van der Waals surface area contributed by atoms with Gasteiger partial charge in [0.05, 0.1) is 12.3 Å². The Morgan fingerprint density at radius 2 is 1.95 bits per heavy atom. The van der Waals surface area contributed by atoms with Gasteiger partial charge >= 0.3 is 6.09 Å². The third kappa shape index (κ3) is 3.47. The summed E-state index contributed by atoms with van der Waals surface area (Å²) in [7, 11) is 0. The van der Waals surface area contributed by atoms with Crippen molar-refractivity contribution in [3.05, 3.63) is 42.5 Å². The third-order valence-corrected chi connectivity index (χ3v) is 3.22. The summed E-state index contributed by atoms with van der Waals surface area (Å²) >= 11 is 0. The number of anilines is 1. The van der Waals surface area contributed by atoms with Gasteiger partial charge in [-0.15, -0.1) is 0 Å². The van der Waals surface area contributed by atoms with E-state index in [0.29, 0.717) is 12.5 Å². The van der Waals surface area contributed by atoms with E-state index in [0.717, 1.165) is 22.9 Å². The fraction of sp³-hybridized carbons (Fsp3) is 0.312. The highest BCUT2D eigenvalue weighted by Gasteiger charge is 2.08. The van der Waals surface area contributed by atoms with Crippen LogP contribution in [0.5, 0.6) is 0 Å². The highest BCUT2D eigenvalue weighted by Crippen LogP contribution is 2.23. The number of hydrogen-bond donors (Lipinski definition) is 1. The molecule has 3 heteroatoms. The second kappa shape index (κ2) is 6.23. The van der Waals surface area contributed by atoms with Crippen molar-refractivity contribution in [3.8, 4) is 0 Å². The average Bonchev–Trinajstić information content (AvgIpc) is 2.45. The van der Waals surface area contributed by atoms with Gasteiger partial charge in [0, 0.05) is 5.39 Å². The van der Waals surface area contributed by atoms with Crippen LogP contribution in [0.4, 0.5) is 10.5 Å². The number of carbonyl (C=O) groups excluding carboxylic acids is 1. The molecule has 0 radical (unpaired) electrons. The monoisotopic (exact) mass is 257 g/mol. The first-order valence-electron chi connectivity index (χ1n) is 6.62. The van der Waals surface area contributed by atoms with Gasteiger partial charge in [0.25, 0.3) is 0 Å². The number of hydrogen-bond acceptors (Lipinski definition) is 2. The molecule has 0 heterocycles. The highest BCUT2D eigenvalue weighted by atomic mass is 16.5. The Hall–Kier alpha value is -2.03. The van der Waals surface area contributed by atoms with Crippen LogP contribution < -0.4 is 5.32 Å². The molecule has 0 unspecified atom stereocenters. The molecule has 0 aromatic heterocycles. The molecular formula is C16H19NO2. The molecule has 0 saturated carbocycles. The number of carbonyl (C=O) groups is 1. The molecule has 2 rings (SSSR count). The fourth-order valence-electron chi connectivity index (χ4n) is 1.82. The summed E-state index contributed by atoms with van der Waals surface area (Å²) in [6.07, 6.45) is 0.610. The second-order valence-electron chi connectivity index (χ2n) is 4.76. The van der Waals surface area contributed by atoms with Crippen LogP contribution >= 0.6 is 0 Å². The maximum absolute atomic E-state index is 11.7. The lowest BCUT2D eigenvalue weighted by Crippen LogP contribution is -2.17. The molecule has 1 atom stereocenters. The van der Waals surface area contributed by atoms with Crippen LogP contribution in [0.2, 0.25) is 0 Å². The molecule has 0 fully saturated rings. The second-order valence-corrected chi connectivity index (χ2v) is 4.76. The molecule has 0 aliphatic rings. The largest absolute Gasteiger partial charge is 0.449 e. The number of nitrogens with one attached hydrogen (secondary N) is 1. The van der Waals surface area contributed by atoms with Gasteiger partial charge in [-0.1, -0.05) is 56.7 Å². The zero-order chi connectivity index (χ0) is 13.7.